The summed E-state index contributed by atoms with van der Waals surface area (Å²) in [6.07, 6.45) is 4.76. The quantitative estimate of drug-likeness (QED) is 0.665. The van der Waals surface area contributed by atoms with E-state index < -0.39 is 0 Å². The Labute approximate surface area is 167 Å². The Kier molecular flexibility index (Phi) is 5.25. The van der Waals surface area contributed by atoms with Gasteiger partial charge in [-0.2, -0.15) is 0 Å². The molecule has 8 heteroatoms. The zero-order chi connectivity index (χ0) is 19.5. The van der Waals surface area contributed by atoms with Crippen molar-refractivity contribution in [3.05, 3.63) is 59.1 Å². The highest BCUT2D eigenvalue weighted by Gasteiger charge is 2.31. The minimum Gasteiger partial charge on any atom is -0.458 e. The van der Waals surface area contributed by atoms with Crippen molar-refractivity contribution >= 4 is 17.5 Å². The molecule has 1 amide bonds. The minimum absolute atomic E-state index is 0.143. The largest absolute Gasteiger partial charge is 0.458 e. The molecule has 1 aliphatic rings. The van der Waals surface area contributed by atoms with Gasteiger partial charge in [-0.05, 0) is 31.9 Å². The summed E-state index contributed by atoms with van der Waals surface area (Å²) in [6, 6.07) is 9.32. The van der Waals surface area contributed by atoms with E-state index in [1.807, 2.05) is 18.2 Å². The van der Waals surface area contributed by atoms with E-state index in [9.17, 15) is 4.79 Å². The predicted molar refractivity (Wildman–Crippen MR) is 103 cm³/mol. The molecule has 1 atom stereocenters. The van der Waals surface area contributed by atoms with Crippen LogP contribution in [-0.4, -0.2) is 45.1 Å². The maximum absolute atomic E-state index is 13.3. The average Bonchev–Trinajstić information content (AvgIpc) is 3.10. The van der Waals surface area contributed by atoms with Gasteiger partial charge in [0.05, 0.1) is 11.6 Å². The smallest absolute Gasteiger partial charge is 0.316 e. The summed E-state index contributed by atoms with van der Waals surface area (Å²) in [5.41, 5.74) is 1.57. The highest BCUT2D eigenvalue weighted by Crippen LogP contribution is 2.32. The number of likely N-dealkylation sites (tertiary alicyclic amines) is 1. The molecule has 144 valence electrons. The molecular weight excluding hydrogens is 380 g/mol. The first kappa shape index (κ1) is 18.4. The number of aryl methyl sites for hydroxylation is 1. The molecule has 4 rings (SSSR count). The fourth-order valence-corrected chi connectivity index (χ4v) is 3.56. The maximum Gasteiger partial charge on any atom is 0.316 e. The van der Waals surface area contributed by atoms with E-state index in [-0.39, 0.29) is 12.0 Å². The normalized spacial score (nSPS) is 16.8. The molecule has 3 aromatic rings. The predicted octanol–water partition coefficient (Wildman–Crippen LogP) is 3.78. The monoisotopic (exact) mass is 398 g/mol. The van der Waals surface area contributed by atoms with Crippen LogP contribution < -0.4 is 4.74 Å². The fourth-order valence-electron chi connectivity index (χ4n) is 3.33. The molecule has 2 aromatic heterocycles. The molecule has 1 aliphatic heterocycles. The Morgan fingerprint density at radius 1 is 1.25 bits per heavy atom. The van der Waals surface area contributed by atoms with Gasteiger partial charge in [-0.1, -0.05) is 35.0 Å². The Bertz CT molecular complexity index is 977. The zero-order valence-electron chi connectivity index (χ0n) is 15.3. The second-order valence-electron chi connectivity index (χ2n) is 6.61. The van der Waals surface area contributed by atoms with Crippen LogP contribution in [0, 0.1) is 6.92 Å². The molecular formula is C20H19ClN4O3. The van der Waals surface area contributed by atoms with Crippen LogP contribution in [0.4, 0.5) is 0 Å². The molecule has 1 aromatic carbocycles. The lowest BCUT2D eigenvalue weighted by Gasteiger charge is -2.32. The standard InChI is InChI=1S/C20H19ClN4O3/c1-13-17(18(24-28-13)15-7-2-3-8-16(15)21)19(26)25-11-4-6-14(12-25)27-20-22-9-5-10-23-20/h2-3,5,7-10,14H,4,6,11-12H2,1H3. The second kappa shape index (κ2) is 7.98. The Balaban J connectivity index is 1.56. The van der Waals surface area contributed by atoms with Crippen LogP contribution in [-0.2, 0) is 0 Å². The van der Waals surface area contributed by atoms with Crippen molar-refractivity contribution in [1.82, 2.24) is 20.0 Å². The highest BCUT2D eigenvalue weighted by atomic mass is 35.5. The first-order valence-corrected chi connectivity index (χ1v) is 9.45. The number of carbonyl (C=O) groups excluding carboxylic acids is 1. The van der Waals surface area contributed by atoms with Gasteiger partial charge in [0.25, 0.3) is 5.91 Å². The minimum atomic E-state index is -0.163. The van der Waals surface area contributed by atoms with Gasteiger partial charge in [0.2, 0.25) is 0 Å². The zero-order valence-corrected chi connectivity index (χ0v) is 16.1. The molecule has 28 heavy (non-hydrogen) atoms. The summed E-state index contributed by atoms with van der Waals surface area (Å²) in [7, 11) is 0. The summed E-state index contributed by atoms with van der Waals surface area (Å²) in [4.78, 5) is 23.2. The Hall–Kier alpha value is -2.93. The number of carbonyl (C=O) groups is 1. The number of ether oxygens (including phenoxy) is 1. The topological polar surface area (TPSA) is 81.4 Å². The maximum atomic E-state index is 13.3. The van der Waals surface area contributed by atoms with Crippen LogP contribution in [0.2, 0.25) is 5.02 Å². The van der Waals surface area contributed by atoms with Crippen LogP contribution in [0.3, 0.4) is 0 Å². The van der Waals surface area contributed by atoms with Crippen molar-refractivity contribution in [3.63, 3.8) is 0 Å². The van der Waals surface area contributed by atoms with E-state index >= 15 is 0 Å². The summed E-state index contributed by atoms with van der Waals surface area (Å²) < 4.78 is 11.2. The Morgan fingerprint density at radius 2 is 2.04 bits per heavy atom. The van der Waals surface area contributed by atoms with Crippen molar-refractivity contribution in [2.75, 3.05) is 13.1 Å². The number of hydrogen-bond acceptors (Lipinski definition) is 6. The summed E-state index contributed by atoms with van der Waals surface area (Å²) in [5.74, 6) is 0.324. The SMILES string of the molecule is Cc1onc(-c2ccccc2Cl)c1C(=O)N1CCCC(Oc2ncccn2)C1. The van der Waals surface area contributed by atoms with Crippen LogP contribution >= 0.6 is 11.6 Å². The number of halogens is 1. The summed E-state index contributed by atoms with van der Waals surface area (Å²) in [5, 5.41) is 4.61. The van der Waals surface area contributed by atoms with Crippen molar-refractivity contribution in [2.24, 2.45) is 0 Å². The van der Waals surface area contributed by atoms with Crippen LogP contribution in [0.15, 0.2) is 47.2 Å². The van der Waals surface area contributed by atoms with Crippen molar-refractivity contribution in [1.29, 1.82) is 0 Å². The third-order valence-electron chi connectivity index (χ3n) is 4.69. The number of benzene rings is 1. The van der Waals surface area contributed by atoms with Gasteiger partial charge in [-0.15, -0.1) is 0 Å². The first-order chi connectivity index (χ1) is 13.6. The number of hydrogen-bond donors (Lipinski definition) is 0. The van der Waals surface area contributed by atoms with Gasteiger partial charge in [-0.3, -0.25) is 4.79 Å². The molecule has 0 bridgehead atoms. The van der Waals surface area contributed by atoms with Gasteiger partial charge >= 0.3 is 6.01 Å². The molecule has 1 unspecified atom stereocenters. The van der Waals surface area contributed by atoms with Crippen molar-refractivity contribution in [3.8, 4) is 17.3 Å². The molecule has 0 aliphatic carbocycles. The summed E-state index contributed by atoms with van der Waals surface area (Å²) in [6.45, 7) is 2.82. The molecule has 3 heterocycles. The lowest BCUT2D eigenvalue weighted by atomic mass is 10.0. The van der Waals surface area contributed by atoms with Crippen LogP contribution in [0.25, 0.3) is 11.3 Å². The third kappa shape index (κ3) is 3.71. The van der Waals surface area contributed by atoms with Gasteiger partial charge in [-0.25, -0.2) is 9.97 Å². The van der Waals surface area contributed by atoms with Crippen molar-refractivity contribution in [2.45, 2.75) is 25.9 Å². The van der Waals surface area contributed by atoms with E-state index in [0.717, 1.165) is 12.8 Å². The van der Waals surface area contributed by atoms with Crippen LogP contribution in [0.5, 0.6) is 6.01 Å². The number of rotatable bonds is 4. The van der Waals surface area contributed by atoms with E-state index in [0.29, 0.717) is 46.7 Å². The van der Waals surface area contributed by atoms with Crippen LogP contribution in [0.1, 0.15) is 29.0 Å². The number of nitrogens with zero attached hydrogens (tertiary/aromatic N) is 4. The van der Waals surface area contributed by atoms with Crippen molar-refractivity contribution < 1.29 is 14.1 Å². The first-order valence-electron chi connectivity index (χ1n) is 9.07. The van der Waals surface area contributed by atoms with Gasteiger partial charge in [0.1, 0.15) is 23.1 Å². The number of piperidine rings is 1. The fraction of sp³-hybridized carbons (Fsp3) is 0.300. The lowest BCUT2D eigenvalue weighted by Crippen LogP contribution is -2.44. The van der Waals surface area contributed by atoms with Gasteiger partial charge in [0, 0.05) is 24.5 Å². The summed E-state index contributed by atoms with van der Waals surface area (Å²) >= 11 is 6.30. The Morgan fingerprint density at radius 3 is 2.82 bits per heavy atom. The highest BCUT2D eigenvalue weighted by molar-refractivity contribution is 6.33. The van der Waals surface area contributed by atoms with E-state index in [1.54, 1.807) is 36.4 Å². The second-order valence-corrected chi connectivity index (χ2v) is 7.01. The molecule has 0 radical (unpaired) electrons. The molecule has 1 fully saturated rings. The third-order valence-corrected chi connectivity index (χ3v) is 5.01. The number of amides is 1. The average molecular weight is 399 g/mol. The molecule has 0 spiro atoms. The molecule has 0 N–H and O–H groups in total. The van der Waals surface area contributed by atoms with E-state index in [1.165, 1.54) is 0 Å². The van der Waals surface area contributed by atoms with E-state index in [4.69, 9.17) is 20.9 Å². The van der Waals surface area contributed by atoms with Gasteiger partial charge < -0.3 is 14.2 Å². The molecule has 0 saturated carbocycles. The van der Waals surface area contributed by atoms with Gasteiger partial charge in [0.15, 0.2) is 0 Å². The lowest BCUT2D eigenvalue weighted by molar-refractivity contribution is 0.0515. The molecule has 1 saturated heterocycles. The number of aromatic nitrogens is 3. The van der Waals surface area contributed by atoms with E-state index in [2.05, 4.69) is 15.1 Å². The molecule has 7 nitrogen and oxygen atoms in total.